The molecule has 0 saturated heterocycles. The van der Waals surface area contributed by atoms with Crippen molar-refractivity contribution in [2.75, 3.05) is 14.2 Å². The zero-order valence-electron chi connectivity index (χ0n) is 8.94. The minimum absolute atomic E-state index is 0.185. The van der Waals surface area contributed by atoms with Crippen LogP contribution >= 0.6 is 0 Å². The van der Waals surface area contributed by atoms with Crippen molar-refractivity contribution in [2.45, 2.75) is 20.3 Å². The Labute approximate surface area is 90.8 Å². The number of carbonyl (C=O) groups excluding carboxylic acids is 1. The highest BCUT2D eigenvalue weighted by molar-refractivity contribution is 6.17. The van der Waals surface area contributed by atoms with E-state index in [1.807, 2.05) is 0 Å². The number of Topliss-reactive ketones (excluding diaryl/α,β-unsaturated/α-hetero) is 1. The van der Waals surface area contributed by atoms with Crippen LogP contribution in [0.15, 0.2) is 0 Å². The first-order valence-corrected chi connectivity index (χ1v) is 5.06. The monoisotopic (exact) mass is 219 g/mol. The maximum absolute atomic E-state index is 10.4. The van der Waals surface area contributed by atoms with Crippen molar-refractivity contribution < 1.29 is 22.3 Å². The summed E-state index contributed by atoms with van der Waals surface area (Å²) in [6.07, 6.45) is 0.380. The van der Waals surface area contributed by atoms with Gasteiger partial charge < -0.3 is 12.7 Å². The molecular weight excluding hydrogens is 203 g/mol. The molecule has 0 saturated carbocycles. The third-order valence-electron chi connectivity index (χ3n) is 1.39. The zero-order chi connectivity index (χ0) is 11.6. The van der Waals surface area contributed by atoms with Crippen LogP contribution in [0.3, 0.4) is 0 Å². The second kappa shape index (κ2) is 10.7. The molecule has 81 valence electrons. The third kappa shape index (κ3) is 9.68. The molecule has 0 heterocycles. The van der Waals surface area contributed by atoms with Crippen molar-refractivity contribution in [1.29, 1.82) is 0 Å². The highest BCUT2D eigenvalue weighted by Gasteiger charge is 2.19. The van der Waals surface area contributed by atoms with E-state index in [-0.39, 0.29) is 21.7 Å². The molecule has 0 aromatic carbocycles. The van der Waals surface area contributed by atoms with E-state index in [1.165, 1.54) is 6.92 Å². The van der Waals surface area contributed by atoms with Crippen LogP contribution in [0.25, 0.3) is 0 Å². The van der Waals surface area contributed by atoms with Gasteiger partial charge in [-0.25, -0.2) is 0 Å². The van der Waals surface area contributed by atoms with Crippen molar-refractivity contribution >= 4 is 27.6 Å². The molecule has 0 bridgehead atoms. The topological polar surface area (TPSA) is 72.8 Å². The van der Waals surface area contributed by atoms with Gasteiger partial charge in [-0.3, -0.25) is 9.59 Å². The fourth-order valence-corrected chi connectivity index (χ4v) is 0.925. The van der Waals surface area contributed by atoms with Crippen LogP contribution < -0.4 is 0 Å². The van der Waals surface area contributed by atoms with Gasteiger partial charge >= 0.3 is 21.9 Å². The molecule has 0 aliphatic rings. The summed E-state index contributed by atoms with van der Waals surface area (Å²) < 4.78 is 9.10. The third-order valence-corrected chi connectivity index (χ3v) is 1.77. The number of carboxylic acid groups (broad SMARTS) is 1. The number of ketones is 1. The summed E-state index contributed by atoms with van der Waals surface area (Å²) in [5.74, 6) is -2.10. The van der Waals surface area contributed by atoms with Crippen molar-refractivity contribution in [3.8, 4) is 0 Å². The van der Waals surface area contributed by atoms with E-state index in [0.29, 0.717) is 6.42 Å². The fraction of sp³-hybridized carbons (Fsp3) is 0.750. The average molecular weight is 219 g/mol. The van der Waals surface area contributed by atoms with Gasteiger partial charge in [-0.1, -0.05) is 6.92 Å². The average Bonchev–Trinajstić information content (AvgIpc) is 2.06. The molecule has 0 spiro atoms. The summed E-state index contributed by atoms with van der Waals surface area (Å²) >= 11 is -0.185. The molecule has 0 fully saturated rings. The SMILES string of the molecule is CCC(C(C)=O)C(=O)O.C[O][Al][O]C. The van der Waals surface area contributed by atoms with Gasteiger partial charge in [0.15, 0.2) is 0 Å². The van der Waals surface area contributed by atoms with Crippen LogP contribution in [-0.4, -0.2) is 47.0 Å². The molecule has 0 amide bonds. The second-order valence-electron chi connectivity index (χ2n) is 2.48. The van der Waals surface area contributed by atoms with Crippen LogP contribution in [0, 0.1) is 5.92 Å². The van der Waals surface area contributed by atoms with Crippen molar-refractivity contribution in [1.82, 2.24) is 0 Å². The Kier molecular flexibility index (Phi) is 12.2. The lowest BCUT2D eigenvalue weighted by Crippen LogP contribution is -2.19. The van der Waals surface area contributed by atoms with E-state index < -0.39 is 11.9 Å². The summed E-state index contributed by atoms with van der Waals surface area (Å²) in [4.78, 5) is 20.6. The summed E-state index contributed by atoms with van der Waals surface area (Å²) in [7, 11) is 3.25. The predicted molar refractivity (Wildman–Crippen MR) is 51.9 cm³/mol. The molecule has 0 aliphatic heterocycles. The first kappa shape index (κ1) is 16.0. The summed E-state index contributed by atoms with van der Waals surface area (Å²) in [5, 5.41) is 8.32. The van der Waals surface area contributed by atoms with Gasteiger partial charge in [-0.2, -0.15) is 0 Å². The lowest BCUT2D eigenvalue weighted by Gasteiger charge is -2.01. The number of rotatable bonds is 5. The van der Waals surface area contributed by atoms with E-state index in [2.05, 4.69) is 7.58 Å². The first-order chi connectivity index (χ1) is 6.51. The fourth-order valence-electron chi connectivity index (χ4n) is 0.732. The van der Waals surface area contributed by atoms with E-state index >= 15 is 0 Å². The Morgan fingerprint density at radius 2 is 1.79 bits per heavy atom. The lowest BCUT2D eigenvalue weighted by atomic mass is 10.0. The van der Waals surface area contributed by atoms with E-state index in [1.54, 1.807) is 21.1 Å². The molecule has 0 aromatic heterocycles. The van der Waals surface area contributed by atoms with Gasteiger partial charge in [-0.05, 0) is 13.3 Å². The minimum Gasteiger partial charge on any atom is -0.486 e. The molecule has 0 aromatic rings. The van der Waals surface area contributed by atoms with Gasteiger partial charge in [-0.15, -0.1) is 0 Å². The van der Waals surface area contributed by atoms with Gasteiger partial charge in [0.25, 0.3) is 0 Å². The molecule has 1 N–H and O–H groups in total. The van der Waals surface area contributed by atoms with Gasteiger partial charge in [0.1, 0.15) is 11.7 Å². The number of aliphatic carboxylic acids is 1. The zero-order valence-corrected chi connectivity index (χ0v) is 10.1. The second-order valence-corrected chi connectivity index (χ2v) is 3.61. The Bertz CT molecular complexity index is 155. The smallest absolute Gasteiger partial charge is 0.486 e. The van der Waals surface area contributed by atoms with Crippen LogP contribution in [0.2, 0.25) is 0 Å². The highest BCUT2D eigenvalue weighted by atomic mass is 27.2. The van der Waals surface area contributed by atoms with Crippen molar-refractivity contribution in [3.63, 3.8) is 0 Å². The maximum Gasteiger partial charge on any atom is 0.667 e. The van der Waals surface area contributed by atoms with Crippen LogP contribution in [0.4, 0.5) is 0 Å². The largest absolute Gasteiger partial charge is 0.667 e. The van der Waals surface area contributed by atoms with E-state index in [9.17, 15) is 9.59 Å². The van der Waals surface area contributed by atoms with Crippen molar-refractivity contribution in [2.24, 2.45) is 5.92 Å². The molecule has 6 heteroatoms. The molecule has 14 heavy (non-hydrogen) atoms. The summed E-state index contributed by atoms with van der Waals surface area (Å²) in [6.45, 7) is 2.97. The van der Waals surface area contributed by atoms with Gasteiger partial charge in [0.05, 0.1) is 0 Å². The number of hydrogen-bond donors (Lipinski definition) is 1. The Morgan fingerprint density at radius 1 is 1.36 bits per heavy atom. The molecule has 1 unspecified atom stereocenters. The van der Waals surface area contributed by atoms with Gasteiger partial charge in [0.2, 0.25) is 0 Å². The first-order valence-electron chi connectivity index (χ1n) is 4.11. The van der Waals surface area contributed by atoms with Crippen LogP contribution in [0.5, 0.6) is 0 Å². The summed E-state index contributed by atoms with van der Waals surface area (Å²) in [6, 6.07) is 0. The molecule has 0 aliphatic carbocycles. The van der Waals surface area contributed by atoms with Crippen molar-refractivity contribution in [3.05, 3.63) is 0 Å². The molecule has 0 rings (SSSR count). The number of hydrogen-bond acceptors (Lipinski definition) is 4. The van der Waals surface area contributed by atoms with E-state index in [4.69, 9.17) is 5.11 Å². The molecule has 1 radical (unpaired) electrons. The van der Waals surface area contributed by atoms with Crippen LogP contribution in [-0.2, 0) is 17.2 Å². The Balaban J connectivity index is 0. The lowest BCUT2D eigenvalue weighted by molar-refractivity contribution is -0.145. The standard InChI is InChI=1S/C6H10O3.2CH3O.Al/c1-3-5(4(2)7)6(8)9;2*1-2;/h5H,3H2,1-2H3,(H,8,9);2*1H3;/q;2*-1;+2. The Morgan fingerprint density at radius 3 is 1.79 bits per heavy atom. The number of carbonyl (C=O) groups is 2. The minimum atomic E-state index is -1.02. The van der Waals surface area contributed by atoms with Crippen LogP contribution in [0.1, 0.15) is 20.3 Å². The summed E-state index contributed by atoms with van der Waals surface area (Å²) in [5.41, 5.74) is 0. The normalized spacial score (nSPS) is 10.9. The maximum atomic E-state index is 10.4. The van der Waals surface area contributed by atoms with Gasteiger partial charge in [0, 0.05) is 14.2 Å². The molecule has 5 nitrogen and oxygen atoms in total. The quantitative estimate of drug-likeness (QED) is 0.538. The number of carboxylic acids is 1. The molecule has 1 atom stereocenters. The molecular formula is C8H16AlO5. The highest BCUT2D eigenvalue weighted by Crippen LogP contribution is 2.02. The van der Waals surface area contributed by atoms with E-state index in [0.717, 1.165) is 0 Å². The Hall–Kier alpha value is -0.408. The predicted octanol–water partition coefficient (Wildman–Crippen LogP) is 0.500.